The highest BCUT2D eigenvalue weighted by Crippen LogP contribution is 2.29. The Morgan fingerprint density at radius 2 is 2.10 bits per heavy atom. The maximum atomic E-state index is 12.0. The lowest BCUT2D eigenvalue weighted by Gasteiger charge is -2.37. The number of hydrogen-bond donors (Lipinski definition) is 2. The molecule has 1 fully saturated rings. The van der Waals surface area contributed by atoms with E-state index in [-0.39, 0.29) is 23.6 Å². The Morgan fingerprint density at radius 1 is 1.43 bits per heavy atom. The van der Waals surface area contributed by atoms with Crippen molar-refractivity contribution in [1.29, 1.82) is 0 Å². The molecular weight excluding hydrogens is 274 g/mol. The van der Waals surface area contributed by atoms with Gasteiger partial charge >= 0.3 is 5.97 Å². The Bertz CT molecular complexity index is 520. The van der Waals surface area contributed by atoms with Crippen molar-refractivity contribution in [1.82, 2.24) is 25.2 Å². The highest BCUT2D eigenvalue weighted by Gasteiger charge is 2.29. The minimum absolute atomic E-state index is 0.0965. The van der Waals surface area contributed by atoms with E-state index in [1.165, 1.54) is 6.20 Å². The van der Waals surface area contributed by atoms with Crippen LogP contribution in [0.2, 0.25) is 0 Å². The first kappa shape index (κ1) is 15.4. The van der Waals surface area contributed by atoms with Gasteiger partial charge in [0.25, 0.3) is 5.91 Å². The fourth-order valence-corrected chi connectivity index (χ4v) is 2.34. The third-order valence-corrected chi connectivity index (χ3v) is 3.94. The number of rotatable bonds is 5. The summed E-state index contributed by atoms with van der Waals surface area (Å²) in [6, 6.07) is 0. The van der Waals surface area contributed by atoms with E-state index >= 15 is 0 Å². The second-order valence-electron chi connectivity index (χ2n) is 5.99. The van der Waals surface area contributed by atoms with E-state index < -0.39 is 5.97 Å². The van der Waals surface area contributed by atoms with Gasteiger partial charge in [-0.3, -0.25) is 9.59 Å². The van der Waals surface area contributed by atoms with Gasteiger partial charge in [-0.15, -0.1) is 5.10 Å². The van der Waals surface area contributed by atoms with Crippen LogP contribution in [0.5, 0.6) is 0 Å². The van der Waals surface area contributed by atoms with Crippen LogP contribution < -0.4 is 5.32 Å². The molecule has 0 aliphatic carbocycles. The molecule has 8 heteroatoms. The minimum atomic E-state index is -1.02. The number of carboxylic acid groups (broad SMARTS) is 1. The van der Waals surface area contributed by atoms with Crippen LogP contribution in [0.25, 0.3) is 0 Å². The number of carbonyl (C=O) groups excluding carboxylic acids is 1. The van der Waals surface area contributed by atoms with Gasteiger partial charge in [0.05, 0.1) is 6.20 Å². The summed E-state index contributed by atoms with van der Waals surface area (Å²) in [6.45, 7) is 4.51. The highest BCUT2D eigenvalue weighted by atomic mass is 16.4. The van der Waals surface area contributed by atoms with Crippen LogP contribution in [-0.4, -0.2) is 63.6 Å². The van der Waals surface area contributed by atoms with Crippen LogP contribution in [0, 0.1) is 5.41 Å². The summed E-state index contributed by atoms with van der Waals surface area (Å²) < 4.78 is 1.13. The first-order valence-corrected chi connectivity index (χ1v) is 6.97. The van der Waals surface area contributed by atoms with E-state index in [2.05, 4.69) is 34.5 Å². The third kappa shape index (κ3) is 4.25. The zero-order chi connectivity index (χ0) is 15.5. The van der Waals surface area contributed by atoms with E-state index in [0.717, 1.165) is 30.6 Å². The molecule has 0 saturated carbocycles. The number of aromatic nitrogens is 3. The predicted molar refractivity (Wildman–Crippen MR) is 74.8 cm³/mol. The van der Waals surface area contributed by atoms with Crippen LogP contribution in [0.15, 0.2) is 6.20 Å². The summed E-state index contributed by atoms with van der Waals surface area (Å²) in [5.74, 6) is -1.34. The number of carbonyl (C=O) groups is 2. The predicted octanol–water partition coefficient (Wildman–Crippen LogP) is -0.176. The molecule has 2 heterocycles. The molecule has 1 saturated heterocycles. The van der Waals surface area contributed by atoms with Crippen molar-refractivity contribution >= 4 is 11.9 Å². The molecule has 1 aliphatic rings. The third-order valence-electron chi connectivity index (χ3n) is 3.94. The van der Waals surface area contributed by atoms with Gasteiger partial charge in [0.15, 0.2) is 5.69 Å². The summed E-state index contributed by atoms with van der Waals surface area (Å²) in [7, 11) is 2.10. The molecular formula is C13H21N5O3. The zero-order valence-electron chi connectivity index (χ0n) is 12.4. The molecule has 21 heavy (non-hydrogen) atoms. The molecule has 1 aromatic rings. The van der Waals surface area contributed by atoms with Crippen LogP contribution in [-0.2, 0) is 11.3 Å². The maximum absolute atomic E-state index is 12.0. The summed E-state index contributed by atoms with van der Waals surface area (Å²) in [5, 5.41) is 18.8. The van der Waals surface area contributed by atoms with Crippen LogP contribution in [0.1, 0.15) is 30.3 Å². The Hall–Kier alpha value is -1.96. The van der Waals surface area contributed by atoms with Crippen molar-refractivity contribution in [3.8, 4) is 0 Å². The Balaban J connectivity index is 1.87. The molecule has 0 spiro atoms. The van der Waals surface area contributed by atoms with Crippen LogP contribution in [0.4, 0.5) is 0 Å². The van der Waals surface area contributed by atoms with Gasteiger partial charge in [0.1, 0.15) is 6.54 Å². The number of carboxylic acids is 1. The molecule has 0 unspecified atom stereocenters. The molecule has 1 aliphatic heterocycles. The highest BCUT2D eigenvalue weighted by molar-refractivity contribution is 5.91. The van der Waals surface area contributed by atoms with Gasteiger partial charge in [-0.1, -0.05) is 12.1 Å². The minimum Gasteiger partial charge on any atom is -0.480 e. The van der Waals surface area contributed by atoms with Gasteiger partial charge in [0.2, 0.25) is 0 Å². The summed E-state index contributed by atoms with van der Waals surface area (Å²) >= 11 is 0. The van der Waals surface area contributed by atoms with Crippen molar-refractivity contribution < 1.29 is 14.7 Å². The molecule has 0 bridgehead atoms. The number of likely N-dealkylation sites (tertiary alicyclic amines) is 1. The molecule has 0 atom stereocenters. The lowest BCUT2D eigenvalue weighted by molar-refractivity contribution is -0.137. The smallest absolute Gasteiger partial charge is 0.325 e. The van der Waals surface area contributed by atoms with Gasteiger partial charge < -0.3 is 15.3 Å². The summed E-state index contributed by atoms with van der Waals surface area (Å²) in [4.78, 5) is 24.8. The molecule has 1 amide bonds. The van der Waals surface area contributed by atoms with E-state index in [1.54, 1.807) is 0 Å². The van der Waals surface area contributed by atoms with E-state index in [9.17, 15) is 9.59 Å². The first-order valence-electron chi connectivity index (χ1n) is 6.97. The largest absolute Gasteiger partial charge is 0.480 e. The zero-order valence-corrected chi connectivity index (χ0v) is 12.4. The van der Waals surface area contributed by atoms with Gasteiger partial charge in [0, 0.05) is 6.54 Å². The lowest BCUT2D eigenvalue weighted by Crippen LogP contribution is -2.43. The van der Waals surface area contributed by atoms with Crippen molar-refractivity contribution in [2.75, 3.05) is 26.7 Å². The molecule has 1 aromatic heterocycles. The topological polar surface area (TPSA) is 100 Å². The number of hydrogen-bond acceptors (Lipinski definition) is 5. The van der Waals surface area contributed by atoms with Crippen molar-refractivity contribution in [3.63, 3.8) is 0 Å². The van der Waals surface area contributed by atoms with Gasteiger partial charge in [-0.05, 0) is 38.4 Å². The average molecular weight is 295 g/mol. The van der Waals surface area contributed by atoms with Crippen LogP contribution >= 0.6 is 0 Å². The lowest BCUT2D eigenvalue weighted by atomic mass is 9.80. The second-order valence-corrected chi connectivity index (χ2v) is 5.99. The fourth-order valence-electron chi connectivity index (χ4n) is 2.34. The number of nitrogens with zero attached hydrogens (tertiary/aromatic N) is 4. The van der Waals surface area contributed by atoms with Crippen molar-refractivity contribution in [3.05, 3.63) is 11.9 Å². The number of piperidine rings is 1. The maximum Gasteiger partial charge on any atom is 0.325 e. The summed E-state index contributed by atoms with van der Waals surface area (Å²) in [6.07, 6.45) is 3.42. The van der Waals surface area contributed by atoms with E-state index in [0.29, 0.717) is 6.54 Å². The molecule has 2 rings (SSSR count). The average Bonchev–Trinajstić information content (AvgIpc) is 2.88. The Kier molecular flexibility index (Phi) is 4.56. The van der Waals surface area contributed by atoms with E-state index in [1.807, 2.05) is 0 Å². The number of aliphatic carboxylic acids is 1. The Morgan fingerprint density at radius 3 is 2.71 bits per heavy atom. The fraction of sp³-hybridized carbons (Fsp3) is 0.692. The number of nitrogens with one attached hydrogen (secondary N) is 1. The van der Waals surface area contributed by atoms with Gasteiger partial charge in [-0.25, -0.2) is 4.68 Å². The van der Waals surface area contributed by atoms with Crippen molar-refractivity contribution in [2.45, 2.75) is 26.3 Å². The normalized spacial score (nSPS) is 18.4. The SMILES string of the molecule is CN1CCC(C)(CNC(=O)c2cn(CC(=O)O)nn2)CC1. The molecule has 2 N–H and O–H groups in total. The Labute approximate surface area is 123 Å². The monoisotopic (exact) mass is 295 g/mol. The van der Waals surface area contributed by atoms with Crippen LogP contribution in [0.3, 0.4) is 0 Å². The molecule has 116 valence electrons. The standard InChI is InChI=1S/C13H21N5O3/c1-13(3-5-17(2)6-4-13)9-14-12(21)10-7-18(16-15-10)8-11(19)20/h7H,3-6,8-9H2,1-2H3,(H,14,21)(H,19,20). The van der Waals surface area contributed by atoms with Gasteiger partial charge in [-0.2, -0.15) is 0 Å². The molecule has 0 radical (unpaired) electrons. The first-order chi connectivity index (χ1) is 9.88. The molecule has 0 aromatic carbocycles. The molecule has 8 nitrogen and oxygen atoms in total. The second kappa shape index (κ2) is 6.21. The van der Waals surface area contributed by atoms with Crippen molar-refractivity contribution in [2.24, 2.45) is 5.41 Å². The number of amides is 1. The van der Waals surface area contributed by atoms with E-state index in [4.69, 9.17) is 5.11 Å². The quantitative estimate of drug-likeness (QED) is 0.782. The summed E-state index contributed by atoms with van der Waals surface area (Å²) in [5.41, 5.74) is 0.243.